The molecular weight excluding hydrogens is 319 g/mol. The molecule has 0 atom stereocenters. The summed E-state index contributed by atoms with van der Waals surface area (Å²) in [4.78, 5) is 13.7. The number of rotatable bonds is 5. The van der Waals surface area contributed by atoms with E-state index < -0.39 is 0 Å². The lowest BCUT2D eigenvalue weighted by molar-refractivity contribution is 0.762. The van der Waals surface area contributed by atoms with Gasteiger partial charge in [-0.3, -0.25) is 0 Å². The van der Waals surface area contributed by atoms with E-state index in [1.165, 1.54) is 5.56 Å². The van der Waals surface area contributed by atoms with Crippen LogP contribution in [0.5, 0.6) is 0 Å². The maximum atomic E-state index is 5.85. The number of benzene rings is 1. The summed E-state index contributed by atoms with van der Waals surface area (Å²) >= 11 is 17.4. The van der Waals surface area contributed by atoms with Gasteiger partial charge in [-0.2, -0.15) is 15.0 Å². The van der Waals surface area contributed by atoms with E-state index >= 15 is 0 Å². The first-order valence-electron chi connectivity index (χ1n) is 6.07. The minimum Gasteiger partial charge on any atom is -0.344 e. The quantitative estimate of drug-likeness (QED) is 0.833. The summed E-state index contributed by atoms with van der Waals surface area (Å²) in [6.45, 7) is 0.791. The van der Waals surface area contributed by atoms with Crippen molar-refractivity contribution in [2.45, 2.75) is 12.8 Å². The van der Waals surface area contributed by atoms with Gasteiger partial charge in [0.05, 0.1) is 0 Å². The van der Waals surface area contributed by atoms with Crippen molar-refractivity contribution in [3.05, 3.63) is 45.4 Å². The zero-order valence-corrected chi connectivity index (χ0v) is 13.1. The van der Waals surface area contributed by atoms with Gasteiger partial charge in [0.25, 0.3) is 0 Å². The molecule has 0 fully saturated rings. The third-order valence-corrected chi connectivity index (χ3v) is 3.37. The van der Waals surface area contributed by atoms with Crippen molar-refractivity contribution in [1.29, 1.82) is 0 Å². The maximum Gasteiger partial charge on any atom is 0.230 e. The second kappa shape index (κ2) is 7.07. The first-order chi connectivity index (χ1) is 9.54. The molecule has 1 aromatic carbocycles. The fourth-order valence-corrected chi connectivity index (χ4v) is 2.24. The Morgan fingerprint density at radius 2 is 1.55 bits per heavy atom. The number of nitrogens with zero attached hydrogens (tertiary/aromatic N) is 4. The highest BCUT2D eigenvalue weighted by molar-refractivity contribution is 6.31. The highest BCUT2D eigenvalue weighted by atomic mass is 35.5. The van der Waals surface area contributed by atoms with Crippen molar-refractivity contribution in [2.75, 3.05) is 18.5 Å². The summed E-state index contributed by atoms with van der Waals surface area (Å²) in [5.41, 5.74) is 1.24. The molecule has 7 heteroatoms. The highest BCUT2D eigenvalue weighted by Crippen LogP contribution is 2.14. The molecule has 0 radical (unpaired) electrons. The fraction of sp³-hybridized carbons (Fsp3) is 0.308. The number of aromatic nitrogens is 3. The van der Waals surface area contributed by atoms with E-state index in [4.69, 9.17) is 34.8 Å². The first-order valence-corrected chi connectivity index (χ1v) is 7.20. The number of hydrogen-bond donors (Lipinski definition) is 0. The van der Waals surface area contributed by atoms with Crippen molar-refractivity contribution < 1.29 is 0 Å². The van der Waals surface area contributed by atoms with E-state index in [9.17, 15) is 0 Å². The van der Waals surface area contributed by atoms with E-state index in [0.29, 0.717) is 5.95 Å². The fourth-order valence-electron chi connectivity index (χ4n) is 1.76. The van der Waals surface area contributed by atoms with Gasteiger partial charge >= 0.3 is 0 Å². The second-order valence-corrected chi connectivity index (χ2v) is 5.44. The van der Waals surface area contributed by atoms with Crippen LogP contribution in [0.25, 0.3) is 0 Å². The lowest BCUT2D eigenvalue weighted by Crippen LogP contribution is -2.21. The van der Waals surface area contributed by atoms with Crippen LogP contribution in [0.3, 0.4) is 0 Å². The third-order valence-electron chi connectivity index (χ3n) is 2.78. The van der Waals surface area contributed by atoms with E-state index in [1.807, 2.05) is 36.2 Å². The van der Waals surface area contributed by atoms with E-state index in [2.05, 4.69) is 15.0 Å². The largest absolute Gasteiger partial charge is 0.344 e. The molecule has 0 amide bonds. The molecule has 106 valence electrons. The summed E-state index contributed by atoms with van der Waals surface area (Å²) in [6, 6.07) is 7.84. The average Bonchev–Trinajstić information content (AvgIpc) is 2.40. The number of anilines is 1. The molecule has 1 heterocycles. The van der Waals surface area contributed by atoms with E-state index in [-0.39, 0.29) is 10.6 Å². The molecule has 0 saturated heterocycles. The van der Waals surface area contributed by atoms with Gasteiger partial charge in [0.15, 0.2) is 0 Å². The average molecular weight is 332 g/mol. The Kier molecular flexibility index (Phi) is 5.40. The van der Waals surface area contributed by atoms with E-state index in [0.717, 1.165) is 24.4 Å². The number of hydrogen-bond acceptors (Lipinski definition) is 4. The molecule has 0 N–H and O–H groups in total. The van der Waals surface area contributed by atoms with E-state index in [1.54, 1.807) is 0 Å². The van der Waals surface area contributed by atoms with Crippen molar-refractivity contribution in [3.8, 4) is 0 Å². The summed E-state index contributed by atoms with van der Waals surface area (Å²) < 4.78 is 0. The highest BCUT2D eigenvalue weighted by Gasteiger charge is 2.08. The van der Waals surface area contributed by atoms with Crippen molar-refractivity contribution in [3.63, 3.8) is 0 Å². The number of halogens is 3. The smallest absolute Gasteiger partial charge is 0.230 e. The van der Waals surface area contributed by atoms with Crippen molar-refractivity contribution in [1.82, 2.24) is 15.0 Å². The van der Waals surface area contributed by atoms with Crippen LogP contribution in [0, 0.1) is 0 Å². The molecular formula is C13H13Cl3N4. The van der Waals surface area contributed by atoms with Gasteiger partial charge in [0.1, 0.15) is 0 Å². The van der Waals surface area contributed by atoms with Crippen LogP contribution in [-0.2, 0) is 6.42 Å². The molecule has 4 nitrogen and oxygen atoms in total. The maximum absolute atomic E-state index is 5.85. The normalized spacial score (nSPS) is 10.6. The summed E-state index contributed by atoms with van der Waals surface area (Å²) in [7, 11) is 1.89. The predicted molar refractivity (Wildman–Crippen MR) is 82.9 cm³/mol. The molecule has 0 unspecified atom stereocenters. The summed E-state index contributed by atoms with van der Waals surface area (Å²) in [5.74, 6) is 0.478. The molecule has 0 spiro atoms. The van der Waals surface area contributed by atoms with Crippen LogP contribution in [0.4, 0.5) is 5.95 Å². The van der Waals surface area contributed by atoms with Crippen LogP contribution in [0.15, 0.2) is 24.3 Å². The third kappa shape index (κ3) is 4.47. The monoisotopic (exact) mass is 330 g/mol. The Hall–Kier alpha value is -1.10. The van der Waals surface area contributed by atoms with Gasteiger partial charge in [0, 0.05) is 18.6 Å². The predicted octanol–water partition coefficient (Wildman–Crippen LogP) is 3.90. The van der Waals surface area contributed by atoms with Gasteiger partial charge < -0.3 is 4.90 Å². The first kappa shape index (κ1) is 15.3. The van der Waals surface area contributed by atoms with Crippen LogP contribution in [0.1, 0.15) is 12.0 Å². The Labute approximate surface area is 132 Å². The van der Waals surface area contributed by atoms with Gasteiger partial charge in [-0.25, -0.2) is 0 Å². The molecule has 0 aliphatic heterocycles. The lowest BCUT2D eigenvalue weighted by atomic mass is 10.1. The van der Waals surface area contributed by atoms with Crippen LogP contribution < -0.4 is 4.90 Å². The number of aryl methyl sites for hydroxylation is 1. The van der Waals surface area contributed by atoms with Crippen molar-refractivity contribution in [2.24, 2.45) is 0 Å². The summed E-state index contributed by atoms with van der Waals surface area (Å²) in [5, 5.41) is 0.953. The van der Waals surface area contributed by atoms with Crippen molar-refractivity contribution >= 4 is 40.8 Å². The topological polar surface area (TPSA) is 41.9 Å². The van der Waals surface area contributed by atoms with Gasteiger partial charge in [-0.1, -0.05) is 23.7 Å². The Balaban J connectivity index is 1.88. The molecule has 2 rings (SSSR count). The van der Waals surface area contributed by atoms with Crippen LogP contribution >= 0.6 is 34.8 Å². The SMILES string of the molecule is CN(CCCc1ccc(Cl)cc1)c1nc(Cl)nc(Cl)n1. The molecule has 0 aliphatic rings. The molecule has 20 heavy (non-hydrogen) atoms. The minimum absolute atomic E-state index is 0.101. The van der Waals surface area contributed by atoms with Gasteiger partial charge in [-0.15, -0.1) is 0 Å². The molecule has 0 aliphatic carbocycles. The van der Waals surface area contributed by atoms with Crippen LogP contribution in [-0.4, -0.2) is 28.5 Å². The molecule has 2 aromatic rings. The summed E-state index contributed by atoms with van der Waals surface area (Å²) in [6.07, 6.45) is 1.91. The van der Waals surface area contributed by atoms with Gasteiger partial charge in [-0.05, 0) is 53.7 Å². The Morgan fingerprint density at radius 1 is 0.950 bits per heavy atom. The minimum atomic E-state index is 0.101. The zero-order chi connectivity index (χ0) is 14.5. The lowest BCUT2D eigenvalue weighted by Gasteiger charge is -2.16. The Bertz CT molecular complexity index is 554. The second-order valence-electron chi connectivity index (χ2n) is 4.33. The zero-order valence-electron chi connectivity index (χ0n) is 10.9. The van der Waals surface area contributed by atoms with Gasteiger partial charge in [0.2, 0.25) is 16.5 Å². The standard InChI is InChI=1S/C13H13Cl3N4/c1-20(13-18-11(15)17-12(16)19-13)8-2-3-9-4-6-10(14)7-5-9/h4-7H,2-3,8H2,1H3. The molecule has 0 saturated carbocycles. The molecule has 1 aromatic heterocycles. The van der Waals surface area contributed by atoms with Crippen LogP contribution in [0.2, 0.25) is 15.6 Å². The Morgan fingerprint density at radius 3 is 2.15 bits per heavy atom. The molecule has 0 bridgehead atoms.